The first-order valence-corrected chi connectivity index (χ1v) is 15.0. The summed E-state index contributed by atoms with van der Waals surface area (Å²) in [5.74, 6) is 2.91. The number of rotatable bonds is 6. The van der Waals surface area contributed by atoms with Gasteiger partial charge in [0.05, 0.1) is 30.9 Å². The van der Waals surface area contributed by atoms with Crippen LogP contribution in [-0.2, 0) is 12.0 Å². The molecule has 1 N–H and O–H groups in total. The third kappa shape index (κ3) is 6.81. The molecule has 0 spiro atoms. The molecule has 9 heteroatoms. The molecule has 0 saturated carbocycles. The van der Waals surface area contributed by atoms with E-state index in [-0.39, 0.29) is 10.8 Å². The number of hydrogen-bond acceptors (Lipinski definition) is 6. The predicted molar refractivity (Wildman–Crippen MR) is 180 cm³/mol. The quantitative estimate of drug-likeness (QED) is 0.188. The summed E-state index contributed by atoms with van der Waals surface area (Å²) in [4.78, 5) is 20.1. The molecule has 3 heterocycles. The van der Waals surface area contributed by atoms with Gasteiger partial charge in [0, 0.05) is 45.6 Å². The van der Waals surface area contributed by atoms with Crippen LogP contribution < -0.4 is 19.6 Å². The van der Waals surface area contributed by atoms with Gasteiger partial charge in [-0.25, -0.2) is 9.67 Å². The van der Waals surface area contributed by atoms with Gasteiger partial charge in [0.15, 0.2) is 5.43 Å². The van der Waals surface area contributed by atoms with Crippen LogP contribution in [-0.4, -0.2) is 34.0 Å². The van der Waals surface area contributed by atoms with Crippen molar-refractivity contribution in [1.82, 2.24) is 19.7 Å². The molecular weight excluding hydrogens is 588 g/mol. The second kappa shape index (κ2) is 13.0. The molecule has 0 aliphatic carbocycles. The van der Waals surface area contributed by atoms with Crippen molar-refractivity contribution in [3.05, 3.63) is 117 Å². The van der Waals surface area contributed by atoms with Crippen molar-refractivity contribution < 1.29 is 14.2 Å². The summed E-state index contributed by atoms with van der Waals surface area (Å²) in [6.45, 7) is 10.7. The Morgan fingerprint density at radius 3 is 2.16 bits per heavy atom. The molecule has 8 nitrogen and oxygen atoms in total. The van der Waals surface area contributed by atoms with Crippen LogP contribution >= 0.6 is 11.6 Å². The number of ether oxygens (including phenoxy) is 3. The summed E-state index contributed by atoms with van der Waals surface area (Å²) in [6, 6.07) is 22.8. The Morgan fingerprint density at radius 1 is 0.844 bits per heavy atom. The number of aromatic amines is 1. The minimum atomic E-state index is -0.0401. The van der Waals surface area contributed by atoms with Gasteiger partial charge in [-0.3, -0.25) is 4.79 Å². The van der Waals surface area contributed by atoms with Crippen LogP contribution in [0.1, 0.15) is 43.2 Å². The molecule has 0 aliphatic heterocycles. The monoisotopic (exact) mass is 624 g/mol. The molecule has 6 aromatic rings. The lowest BCUT2D eigenvalue weighted by Gasteiger charge is -2.14. The summed E-state index contributed by atoms with van der Waals surface area (Å²) in [5, 5.41) is 6.57. The third-order valence-electron chi connectivity index (χ3n) is 7.60. The fourth-order valence-corrected chi connectivity index (χ4v) is 5.24. The van der Waals surface area contributed by atoms with Gasteiger partial charge in [0.25, 0.3) is 0 Å². The molecule has 6 rings (SSSR count). The average Bonchev–Trinajstić information content (AvgIpc) is 3.53. The number of nitrogens with one attached hydrogen (secondary N) is 1. The lowest BCUT2D eigenvalue weighted by molar-refractivity contribution is 0.310. The number of halogens is 1. The van der Waals surface area contributed by atoms with Crippen molar-refractivity contribution in [2.75, 3.05) is 14.2 Å². The summed E-state index contributed by atoms with van der Waals surface area (Å²) >= 11 is 6.14. The van der Waals surface area contributed by atoms with Gasteiger partial charge in [0.2, 0.25) is 0 Å². The van der Waals surface area contributed by atoms with Crippen LogP contribution in [0.2, 0.25) is 5.15 Å². The molecule has 0 unspecified atom stereocenters. The minimum absolute atomic E-state index is 0.0349. The Balaban J connectivity index is 0.000000178. The van der Waals surface area contributed by atoms with Crippen LogP contribution in [0, 0.1) is 13.8 Å². The van der Waals surface area contributed by atoms with E-state index in [1.807, 2.05) is 74.6 Å². The van der Waals surface area contributed by atoms with Gasteiger partial charge in [-0.15, -0.1) is 0 Å². The number of aryl methyl sites for hydroxylation is 2. The highest BCUT2D eigenvalue weighted by Crippen LogP contribution is 2.34. The van der Waals surface area contributed by atoms with E-state index in [1.54, 1.807) is 37.1 Å². The van der Waals surface area contributed by atoms with E-state index < -0.39 is 0 Å². The number of nitrogens with zero attached hydrogens (tertiary/aromatic N) is 3. The Morgan fingerprint density at radius 2 is 1.51 bits per heavy atom. The van der Waals surface area contributed by atoms with Crippen molar-refractivity contribution in [2.45, 2.75) is 46.6 Å². The number of fused-ring (bicyclic) bond motifs is 2. The van der Waals surface area contributed by atoms with Gasteiger partial charge in [-0.1, -0.05) is 62.7 Å². The van der Waals surface area contributed by atoms with E-state index in [1.165, 1.54) is 0 Å². The first kappa shape index (κ1) is 31.6. The minimum Gasteiger partial charge on any atom is -0.496 e. The molecule has 232 valence electrons. The number of benzene rings is 3. The van der Waals surface area contributed by atoms with E-state index >= 15 is 0 Å². The van der Waals surface area contributed by atoms with E-state index in [2.05, 4.69) is 35.8 Å². The summed E-state index contributed by atoms with van der Waals surface area (Å²) in [7, 11) is 3.27. The molecule has 3 aromatic heterocycles. The molecule has 0 aliphatic rings. The highest BCUT2D eigenvalue weighted by atomic mass is 35.5. The molecule has 3 aromatic carbocycles. The molecule has 0 saturated heterocycles. The SMILES string of the molecule is COc1ccc2c(=O)cc(-n3ccc(C(C)(C)C)n3)[nH]c2c1C.COc1ccc2c(OCc3ccccc3)cc(Cl)nc2c1C. The Labute approximate surface area is 267 Å². The second-order valence-electron chi connectivity index (χ2n) is 11.7. The first-order valence-electron chi connectivity index (χ1n) is 14.6. The highest BCUT2D eigenvalue weighted by Gasteiger charge is 2.18. The number of methoxy groups -OCH3 is 2. The van der Waals surface area contributed by atoms with Gasteiger partial charge in [-0.2, -0.15) is 5.10 Å². The number of hydrogen-bond donors (Lipinski definition) is 1. The van der Waals surface area contributed by atoms with Crippen LogP contribution in [0.3, 0.4) is 0 Å². The molecule has 0 radical (unpaired) electrons. The van der Waals surface area contributed by atoms with E-state index in [0.29, 0.717) is 23.0 Å². The predicted octanol–water partition coefficient (Wildman–Crippen LogP) is 8.11. The molecule has 0 bridgehead atoms. The normalized spacial score (nSPS) is 11.3. The van der Waals surface area contributed by atoms with Crippen LogP contribution in [0.5, 0.6) is 17.2 Å². The van der Waals surface area contributed by atoms with E-state index in [9.17, 15) is 4.79 Å². The zero-order chi connectivity index (χ0) is 32.3. The summed E-state index contributed by atoms with van der Waals surface area (Å²) in [6.07, 6.45) is 1.87. The smallest absolute Gasteiger partial charge is 0.191 e. The second-order valence-corrected chi connectivity index (χ2v) is 12.1. The molecule has 0 fully saturated rings. The number of aromatic nitrogens is 4. The zero-order valence-electron chi connectivity index (χ0n) is 26.6. The lowest BCUT2D eigenvalue weighted by atomic mass is 9.93. The van der Waals surface area contributed by atoms with Crippen molar-refractivity contribution in [1.29, 1.82) is 0 Å². The van der Waals surface area contributed by atoms with Crippen molar-refractivity contribution in [3.8, 4) is 23.1 Å². The fraction of sp³-hybridized carbons (Fsp3) is 0.250. The third-order valence-corrected chi connectivity index (χ3v) is 7.79. The Kier molecular flexibility index (Phi) is 9.16. The maximum Gasteiger partial charge on any atom is 0.191 e. The van der Waals surface area contributed by atoms with Crippen molar-refractivity contribution in [3.63, 3.8) is 0 Å². The van der Waals surface area contributed by atoms with Crippen molar-refractivity contribution in [2.24, 2.45) is 0 Å². The van der Waals surface area contributed by atoms with Gasteiger partial charge in [0.1, 0.15) is 34.8 Å². The van der Waals surface area contributed by atoms with Crippen LogP contribution in [0.15, 0.2) is 83.8 Å². The van der Waals surface area contributed by atoms with Gasteiger partial charge >= 0.3 is 0 Å². The molecule has 45 heavy (non-hydrogen) atoms. The van der Waals surface area contributed by atoms with E-state index in [4.69, 9.17) is 25.8 Å². The highest BCUT2D eigenvalue weighted by molar-refractivity contribution is 6.30. The number of H-pyrrole nitrogens is 1. The lowest BCUT2D eigenvalue weighted by Crippen LogP contribution is -2.14. The van der Waals surface area contributed by atoms with Crippen LogP contribution in [0.4, 0.5) is 0 Å². The average molecular weight is 625 g/mol. The Hall–Kier alpha value is -4.82. The maximum atomic E-state index is 12.4. The van der Waals surface area contributed by atoms with Crippen LogP contribution in [0.25, 0.3) is 27.6 Å². The molecule has 0 amide bonds. The standard InChI is InChI=1S/C18H16ClNO2.C18H21N3O2/c1-12-15(21-2)9-8-14-16(10-17(19)20-18(12)14)22-11-13-6-4-3-5-7-13;1-11-14(23-5)7-6-12-13(22)10-16(19-17(11)12)21-9-8-15(20-21)18(2,3)4/h3-10H,11H2,1-2H3;6-10H,1-5H3,(H,19,22). The summed E-state index contributed by atoms with van der Waals surface area (Å²) < 4.78 is 18.3. The zero-order valence-corrected chi connectivity index (χ0v) is 27.3. The van der Waals surface area contributed by atoms with E-state index in [0.717, 1.165) is 56.1 Å². The van der Waals surface area contributed by atoms with Crippen molar-refractivity contribution >= 4 is 33.4 Å². The fourth-order valence-electron chi connectivity index (χ4n) is 5.05. The van der Waals surface area contributed by atoms with Gasteiger partial charge < -0.3 is 19.2 Å². The maximum absolute atomic E-state index is 12.4. The Bertz CT molecular complexity index is 2030. The van der Waals surface area contributed by atoms with Gasteiger partial charge in [-0.05, 0) is 49.7 Å². The molecular formula is C36H37ClN4O4. The molecule has 0 atom stereocenters. The first-order chi connectivity index (χ1) is 21.5. The number of pyridine rings is 2. The largest absolute Gasteiger partial charge is 0.496 e. The topological polar surface area (TPSA) is 91.3 Å². The summed E-state index contributed by atoms with van der Waals surface area (Å²) in [5.41, 5.74) is 5.44.